The summed E-state index contributed by atoms with van der Waals surface area (Å²) in [5.74, 6) is -1.01. The Morgan fingerprint density at radius 2 is 1.49 bits per heavy atom. The van der Waals surface area contributed by atoms with Gasteiger partial charge in [-0.05, 0) is 89.1 Å². The van der Waals surface area contributed by atoms with Crippen LogP contribution in [-0.2, 0) is 26.2 Å². The summed E-state index contributed by atoms with van der Waals surface area (Å²) in [4.78, 5) is 28.6. The molecule has 7 nitrogen and oxygen atoms in total. The summed E-state index contributed by atoms with van der Waals surface area (Å²) in [7, 11) is -4.22. The number of halogens is 3. The third-order valence-electron chi connectivity index (χ3n) is 6.35. The molecule has 0 heterocycles. The number of nitrogens with zero attached hydrogens (tertiary/aromatic N) is 2. The lowest BCUT2D eigenvalue weighted by molar-refractivity contribution is -0.140. The van der Waals surface area contributed by atoms with Crippen molar-refractivity contribution < 1.29 is 18.0 Å². The molecule has 0 aromatic heterocycles. The van der Waals surface area contributed by atoms with E-state index in [0.717, 1.165) is 9.87 Å². The van der Waals surface area contributed by atoms with Crippen LogP contribution in [0.4, 0.5) is 5.69 Å². The van der Waals surface area contributed by atoms with Gasteiger partial charge in [0.2, 0.25) is 11.8 Å². The van der Waals surface area contributed by atoms with Gasteiger partial charge in [0.1, 0.15) is 12.6 Å². The van der Waals surface area contributed by atoms with Gasteiger partial charge in [-0.1, -0.05) is 64.6 Å². The van der Waals surface area contributed by atoms with Gasteiger partial charge in [-0.15, -0.1) is 0 Å². The van der Waals surface area contributed by atoms with Crippen molar-refractivity contribution in [2.75, 3.05) is 10.8 Å². The maximum Gasteiger partial charge on any atom is 0.264 e. The second-order valence-corrected chi connectivity index (χ2v) is 14.1. The number of carbonyl (C=O) groups excluding carboxylic acids is 2. The number of aryl methyl sites for hydroxylation is 2. The van der Waals surface area contributed by atoms with Gasteiger partial charge < -0.3 is 10.2 Å². The molecular weight excluding hydrogens is 605 g/mol. The number of hydrogen-bond donors (Lipinski definition) is 1. The third-order valence-corrected chi connectivity index (χ3v) is 8.95. The average Bonchev–Trinajstić information content (AvgIpc) is 2.87. The lowest BCUT2D eigenvalue weighted by Crippen LogP contribution is -2.54. The number of amides is 2. The van der Waals surface area contributed by atoms with Crippen molar-refractivity contribution in [2.24, 2.45) is 0 Å². The van der Waals surface area contributed by atoms with Crippen molar-refractivity contribution in [3.8, 4) is 0 Å². The summed E-state index contributed by atoms with van der Waals surface area (Å²) >= 11 is 18.8. The largest absolute Gasteiger partial charge is 0.350 e. The van der Waals surface area contributed by atoms with E-state index in [-0.39, 0.29) is 17.1 Å². The predicted molar refractivity (Wildman–Crippen MR) is 166 cm³/mol. The van der Waals surface area contributed by atoms with E-state index in [1.54, 1.807) is 56.3 Å². The van der Waals surface area contributed by atoms with E-state index in [1.807, 2.05) is 27.7 Å². The predicted octanol–water partition coefficient (Wildman–Crippen LogP) is 6.79. The molecule has 0 fully saturated rings. The smallest absolute Gasteiger partial charge is 0.264 e. The Hall–Kier alpha value is -2.78. The van der Waals surface area contributed by atoms with Crippen LogP contribution in [0.3, 0.4) is 0 Å². The molecule has 3 aromatic rings. The Bertz CT molecular complexity index is 1540. The lowest BCUT2D eigenvalue weighted by atomic mass is 10.1. The minimum Gasteiger partial charge on any atom is -0.350 e. The van der Waals surface area contributed by atoms with Crippen LogP contribution in [-0.4, -0.2) is 43.3 Å². The number of sulfonamides is 1. The monoisotopic (exact) mass is 637 g/mol. The molecule has 0 unspecified atom stereocenters. The first-order valence-electron chi connectivity index (χ1n) is 12.9. The molecule has 3 aromatic carbocycles. The van der Waals surface area contributed by atoms with Gasteiger partial charge in [0.05, 0.1) is 10.6 Å². The second kappa shape index (κ2) is 13.0. The van der Waals surface area contributed by atoms with Crippen molar-refractivity contribution in [1.82, 2.24) is 10.2 Å². The fourth-order valence-electron chi connectivity index (χ4n) is 4.09. The number of hydrogen-bond acceptors (Lipinski definition) is 4. The molecule has 0 spiro atoms. The van der Waals surface area contributed by atoms with Crippen LogP contribution in [0, 0.1) is 13.8 Å². The Morgan fingerprint density at radius 1 is 0.902 bits per heavy atom. The highest BCUT2D eigenvalue weighted by molar-refractivity contribution is 7.92. The quantitative estimate of drug-likeness (QED) is 0.280. The van der Waals surface area contributed by atoms with Crippen LogP contribution in [0.15, 0.2) is 65.6 Å². The summed E-state index contributed by atoms with van der Waals surface area (Å²) < 4.78 is 29.0. The van der Waals surface area contributed by atoms with Gasteiger partial charge in [0.25, 0.3) is 10.0 Å². The zero-order valence-electron chi connectivity index (χ0n) is 23.8. The van der Waals surface area contributed by atoms with E-state index < -0.39 is 40.0 Å². The first-order chi connectivity index (χ1) is 19.0. The van der Waals surface area contributed by atoms with Crippen LogP contribution in [0.5, 0.6) is 0 Å². The molecule has 1 N–H and O–H groups in total. The zero-order valence-corrected chi connectivity index (χ0v) is 26.9. The van der Waals surface area contributed by atoms with Gasteiger partial charge in [-0.3, -0.25) is 13.9 Å². The topological polar surface area (TPSA) is 86.8 Å². The van der Waals surface area contributed by atoms with Crippen molar-refractivity contribution in [3.05, 3.63) is 92.4 Å². The second-order valence-electron chi connectivity index (χ2n) is 10.9. The zero-order chi connectivity index (χ0) is 30.7. The van der Waals surface area contributed by atoms with Crippen LogP contribution in [0.1, 0.15) is 44.4 Å². The van der Waals surface area contributed by atoms with E-state index in [9.17, 15) is 18.0 Å². The standard InChI is InChI=1S/C30H34Cl3N3O4S/c1-19-7-13-25(14-8-19)41(39,40)36(27-16-24(32)11-9-20(27)2)18-28(37)35(21(3)29(38)34-30(4,5)6)17-22-10-12-23(31)15-26(22)33/h7-16,21H,17-18H2,1-6H3,(H,34,38)/t21-/m1/s1. The van der Waals surface area contributed by atoms with E-state index in [2.05, 4.69) is 5.32 Å². The molecule has 0 saturated carbocycles. The molecule has 41 heavy (non-hydrogen) atoms. The van der Waals surface area contributed by atoms with Gasteiger partial charge in [0.15, 0.2) is 0 Å². The molecule has 11 heteroatoms. The van der Waals surface area contributed by atoms with Crippen LogP contribution in [0.2, 0.25) is 15.1 Å². The summed E-state index contributed by atoms with van der Waals surface area (Å²) in [6.07, 6.45) is 0. The van der Waals surface area contributed by atoms with Crippen LogP contribution in [0.25, 0.3) is 0 Å². The van der Waals surface area contributed by atoms with Crippen molar-refractivity contribution in [3.63, 3.8) is 0 Å². The van der Waals surface area contributed by atoms with Crippen LogP contribution < -0.4 is 9.62 Å². The summed E-state index contributed by atoms with van der Waals surface area (Å²) in [6, 6.07) is 15.1. The highest BCUT2D eigenvalue weighted by Crippen LogP contribution is 2.30. The number of anilines is 1. The molecule has 220 valence electrons. The van der Waals surface area contributed by atoms with E-state index in [0.29, 0.717) is 26.2 Å². The van der Waals surface area contributed by atoms with Crippen LogP contribution >= 0.6 is 34.8 Å². The number of carbonyl (C=O) groups is 2. The number of benzene rings is 3. The minimum atomic E-state index is -4.22. The highest BCUT2D eigenvalue weighted by atomic mass is 35.5. The molecular formula is C30H34Cl3N3O4S. The first-order valence-corrected chi connectivity index (χ1v) is 15.5. The first kappa shape index (κ1) is 32.7. The maximum absolute atomic E-state index is 14.1. The minimum absolute atomic E-state index is 0.0149. The molecule has 0 aliphatic heterocycles. The van der Waals surface area contributed by atoms with Crippen molar-refractivity contribution >= 4 is 62.3 Å². The van der Waals surface area contributed by atoms with E-state index in [1.165, 1.54) is 23.1 Å². The number of nitrogens with one attached hydrogen (secondary N) is 1. The van der Waals surface area contributed by atoms with E-state index in [4.69, 9.17) is 34.8 Å². The third kappa shape index (κ3) is 8.38. The lowest BCUT2D eigenvalue weighted by Gasteiger charge is -2.34. The van der Waals surface area contributed by atoms with Crippen molar-refractivity contribution in [1.29, 1.82) is 0 Å². The summed E-state index contributed by atoms with van der Waals surface area (Å²) in [5, 5.41) is 3.93. The molecule has 0 aliphatic carbocycles. The van der Waals surface area contributed by atoms with Crippen molar-refractivity contribution in [2.45, 2.75) is 64.6 Å². The van der Waals surface area contributed by atoms with Gasteiger partial charge in [-0.25, -0.2) is 8.42 Å². The Kier molecular flexibility index (Phi) is 10.4. The normalized spacial score (nSPS) is 12.5. The molecule has 3 rings (SSSR count). The fourth-order valence-corrected chi connectivity index (χ4v) is 6.20. The Labute approximate surface area is 257 Å². The summed E-state index contributed by atoms with van der Waals surface area (Å²) in [6.45, 7) is 10.0. The fraction of sp³-hybridized carbons (Fsp3) is 0.333. The van der Waals surface area contributed by atoms with Gasteiger partial charge in [0, 0.05) is 27.2 Å². The molecule has 0 aliphatic rings. The van der Waals surface area contributed by atoms with Gasteiger partial charge >= 0.3 is 0 Å². The molecule has 0 saturated heterocycles. The molecule has 2 amide bonds. The number of rotatable bonds is 9. The molecule has 1 atom stereocenters. The average molecular weight is 639 g/mol. The molecule has 0 bridgehead atoms. The van der Waals surface area contributed by atoms with E-state index >= 15 is 0 Å². The summed E-state index contributed by atoms with van der Waals surface area (Å²) in [5.41, 5.74) is 1.73. The Morgan fingerprint density at radius 3 is 2.07 bits per heavy atom. The Balaban J connectivity index is 2.10. The highest BCUT2D eigenvalue weighted by Gasteiger charge is 2.34. The SMILES string of the molecule is Cc1ccc(S(=O)(=O)N(CC(=O)N(Cc2ccc(Cl)cc2Cl)[C@H](C)C(=O)NC(C)(C)C)c2cc(Cl)ccc2C)cc1. The maximum atomic E-state index is 14.1. The van der Waals surface area contributed by atoms with Gasteiger partial charge in [-0.2, -0.15) is 0 Å². The molecule has 0 radical (unpaired) electrons.